The minimum absolute atomic E-state index is 0.187. The molecular formula is C16H15BrN2O3S. The van der Waals surface area contributed by atoms with E-state index in [0.29, 0.717) is 4.48 Å². The lowest BCUT2D eigenvalue weighted by molar-refractivity contribution is 0.101. The molecule has 0 saturated carbocycles. The van der Waals surface area contributed by atoms with Gasteiger partial charge in [-0.2, -0.15) is 4.72 Å². The van der Waals surface area contributed by atoms with E-state index < -0.39 is 15.7 Å². The van der Waals surface area contributed by atoms with E-state index in [-0.39, 0.29) is 4.90 Å². The van der Waals surface area contributed by atoms with E-state index in [1.165, 1.54) is 6.26 Å². The lowest BCUT2D eigenvalue weighted by Gasteiger charge is -2.24. The SMILES string of the molecule is CC1(NS(=O)(=O)c2ccc(-c3ccccc3)cc2)NOC=C1Br. The molecule has 0 amide bonds. The van der Waals surface area contributed by atoms with Crippen LogP contribution in [0.4, 0.5) is 0 Å². The summed E-state index contributed by atoms with van der Waals surface area (Å²) in [6, 6.07) is 16.5. The zero-order valence-corrected chi connectivity index (χ0v) is 14.7. The van der Waals surface area contributed by atoms with Gasteiger partial charge >= 0.3 is 0 Å². The molecule has 1 atom stereocenters. The normalized spacial score (nSPS) is 20.9. The molecule has 1 unspecified atom stereocenters. The minimum atomic E-state index is -3.70. The van der Waals surface area contributed by atoms with Crippen LogP contribution in [0.2, 0.25) is 0 Å². The smallest absolute Gasteiger partial charge is 0.242 e. The van der Waals surface area contributed by atoms with Gasteiger partial charge in [0.15, 0.2) is 0 Å². The fourth-order valence-electron chi connectivity index (χ4n) is 2.22. The molecule has 120 valence electrons. The summed E-state index contributed by atoms with van der Waals surface area (Å²) < 4.78 is 28.2. The Morgan fingerprint density at radius 1 is 1.04 bits per heavy atom. The first-order valence-corrected chi connectivity index (χ1v) is 9.17. The molecule has 0 aromatic heterocycles. The van der Waals surface area contributed by atoms with Crippen LogP contribution in [0.1, 0.15) is 6.92 Å². The number of halogens is 1. The summed E-state index contributed by atoms with van der Waals surface area (Å²) in [4.78, 5) is 5.13. The molecule has 1 heterocycles. The fraction of sp³-hybridized carbons (Fsp3) is 0.125. The first-order valence-electron chi connectivity index (χ1n) is 6.89. The van der Waals surface area contributed by atoms with Crippen molar-refractivity contribution < 1.29 is 13.3 Å². The van der Waals surface area contributed by atoms with E-state index >= 15 is 0 Å². The van der Waals surface area contributed by atoms with Crippen molar-refractivity contribution in [2.45, 2.75) is 17.5 Å². The minimum Gasteiger partial charge on any atom is -0.413 e. The third-order valence-corrected chi connectivity index (χ3v) is 6.06. The fourth-order valence-corrected chi connectivity index (χ4v) is 3.93. The van der Waals surface area contributed by atoms with Crippen LogP contribution in [-0.2, 0) is 14.9 Å². The van der Waals surface area contributed by atoms with Gasteiger partial charge in [-0.1, -0.05) is 42.5 Å². The predicted octanol–water partition coefficient (Wildman–Crippen LogP) is 3.12. The number of sulfonamides is 1. The molecule has 7 heteroatoms. The molecule has 0 bridgehead atoms. The summed E-state index contributed by atoms with van der Waals surface area (Å²) in [7, 11) is -3.70. The molecule has 2 aromatic carbocycles. The summed E-state index contributed by atoms with van der Waals surface area (Å²) in [6.07, 6.45) is 1.40. The molecule has 0 spiro atoms. The third kappa shape index (κ3) is 3.32. The van der Waals surface area contributed by atoms with Crippen LogP contribution in [0.25, 0.3) is 11.1 Å². The van der Waals surface area contributed by atoms with Crippen molar-refractivity contribution in [2.75, 3.05) is 0 Å². The van der Waals surface area contributed by atoms with Gasteiger partial charge < -0.3 is 4.84 Å². The second kappa shape index (κ2) is 6.09. The number of hydrogen-bond acceptors (Lipinski definition) is 4. The molecule has 0 radical (unpaired) electrons. The van der Waals surface area contributed by atoms with Gasteiger partial charge in [0.25, 0.3) is 0 Å². The Hall–Kier alpha value is -1.67. The van der Waals surface area contributed by atoms with Gasteiger partial charge in [0.05, 0.1) is 9.38 Å². The third-order valence-electron chi connectivity index (χ3n) is 3.51. The van der Waals surface area contributed by atoms with Gasteiger partial charge in [0.2, 0.25) is 10.0 Å². The first kappa shape index (κ1) is 16.2. The number of benzene rings is 2. The molecule has 0 fully saturated rings. The van der Waals surface area contributed by atoms with Gasteiger partial charge in [0, 0.05) is 0 Å². The summed E-state index contributed by atoms with van der Waals surface area (Å²) in [5.74, 6) is 0. The van der Waals surface area contributed by atoms with Crippen LogP contribution in [-0.4, -0.2) is 14.1 Å². The van der Waals surface area contributed by atoms with Crippen LogP contribution in [0.3, 0.4) is 0 Å². The summed E-state index contributed by atoms with van der Waals surface area (Å²) in [5, 5.41) is 0. The van der Waals surface area contributed by atoms with Crippen molar-refractivity contribution in [3.8, 4) is 11.1 Å². The Morgan fingerprint density at radius 3 is 2.22 bits per heavy atom. The van der Waals surface area contributed by atoms with E-state index in [2.05, 4.69) is 26.1 Å². The highest BCUT2D eigenvalue weighted by Gasteiger charge is 2.37. The zero-order valence-electron chi connectivity index (χ0n) is 12.3. The zero-order chi connectivity index (χ0) is 16.5. The maximum absolute atomic E-state index is 12.5. The van der Waals surface area contributed by atoms with Gasteiger partial charge in [-0.25, -0.2) is 8.42 Å². The molecule has 2 N–H and O–H groups in total. The molecule has 1 aliphatic rings. The number of nitrogens with one attached hydrogen (secondary N) is 2. The Labute approximate surface area is 143 Å². The van der Waals surface area contributed by atoms with Crippen molar-refractivity contribution in [1.29, 1.82) is 0 Å². The second-order valence-corrected chi connectivity index (χ2v) is 7.84. The van der Waals surface area contributed by atoms with E-state index in [1.807, 2.05) is 30.3 Å². The molecule has 0 saturated heterocycles. The average Bonchev–Trinajstić information content (AvgIpc) is 2.86. The van der Waals surface area contributed by atoms with Crippen molar-refractivity contribution in [3.63, 3.8) is 0 Å². The standard InChI is InChI=1S/C16H15BrN2O3S/c1-16(15(17)11-22-18-16)19-23(20,21)14-9-7-13(8-10-14)12-5-3-2-4-6-12/h2-11,18-19H,1H3. The molecule has 5 nitrogen and oxygen atoms in total. The van der Waals surface area contributed by atoms with Gasteiger partial charge in [-0.3, -0.25) is 0 Å². The maximum atomic E-state index is 12.5. The van der Waals surface area contributed by atoms with Crippen LogP contribution >= 0.6 is 15.9 Å². The van der Waals surface area contributed by atoms with Crippen molar-refractivity contribution in [1.82, 2.24) is 10.2 Å². The molecule has 23 heavy (non-hydrogen) atoms. The van der Waals surface area contributed by atoms with Crippen LogP contribution in [0, 0.1) is 0 Å². The highest BCUT2D eigenvalue weighted by Crippen LogP contribution is 2.27. The lowest BCUT2D eigenvalue weighted by Crippen LogP contribution is -2.53. The van der Waals surface area contributed by atoms with Gasteiger partial charge in [-0.15, -0.1) is 5.48 Å². The van der Waals surface area contributed by atoms with E-state index in [4.69, 9.17) is 4.84 Å². The predicted molar refractivity (Wildman–Crippen MR) is 91.8 cm³/mol. The average molecular weight is 395 g/mol. The quantitative estimate of drug-likeness (QED) is 0.835. The monoisotopic (exact) mass is 394 g/mol. The van der Waals surface area contributed by atoms with Crippen LogP contribution < -0.4 is 10.2 Å². The summed E-state index contributed by atoms with van der Waals surface area (Å²) >= 11 is 3.27. The Morgan fingerprint density at radius 2 is 1.65 bits per heavy atom. The Balaban J connectivity index is 1.85. The molecular weight excluding hydrogens is 380 g/mol. The molecule has 1 aliphatic heterocycles. The molecule has 3 rings (SSSR count). The summed E-state index contributed by atoms with van der Waals surface area (Å²) in [5.41, 5.74) is 3.58. The first-order chi connectivity index (χ1) is 10.9. The van der Waals surface area contributed by atoms with Gasteiger partial charge in [0.1, 0.15) is 11.9 Å². The van der Waals surface area contributed by atoms with Crippen molar-refractivity contribution in [2.24, 2.45) is 0 Å². The van der Waals surface area contributed by atoms with Crippen LogP contribution in [0.5, 0.6) is 0 Å². The molecule has 2 aromatic rings. The second-order valence-electron chi connectivity index (χ2n) is 5.31. The van der Waals surface area contributed by atoms with Gasteiger partial charge in [-0.05, 0) is 46.1 Å². The summed E-state index contributed by atoms with van der Waals surface area (Å²) in [6.45, 7) is 1.66. The van der Waals surface area contributed by atoms with E-state index in [9.17, 15) is 8.42 Å². The number of hydrogen-bond donors (Lipinski definition) is 2. The number of hydroxylamine groups is 1. The van der Waals surface area contributed by atoms with Crippen LogP contribution in [0.15, 0.2) is 70.2 Å². The maximum Gasteiger partial charge on any atom is 0.242 e. The van der Waals surface area contributed by atoms with Crippen molar-refractivity contribution >= 4 is 26.0 Å². The largest absolute Gasteiger partial charge is 0.413 e. The molecule has 0 aliphatic carbocycles. The van der Waals surface area contributed by atoms with E-state index in [1.54, 1.807) is 31.2 Å². The lowest BCUT2D eigenvalue weighted by atomic mass is 10.1. The topological polar surface area (TPSA) is 67.4 Å². The van der Waals surface area contributed by atoms with E-state index in [0.717, 1.165) is 11.1 Å². The number of rotatable bonds is 4. The van der Waals surface area contributed by atoms with Crippen molar-refractivity contribution in [3.05, 3.63) is 65.3 Å². The Bertz CT molecular complexity index is 835. The highest BCUT2D eigenvalue weighted by molar-refractivity contribution is 9.11. The highest BCUT2D eigenvalue weighted by atomic mass is 79.9. The Kier molecular flexibility index (Phi) is 4.29.